The van der Waals surface area contributed by atoms with E-state index in [1.165, 1.54) is 6.07 Å². The Morgan fingerprint density at radius 2 is 1.90 bits per heavy atom. The van der Waals surface area contributed by atoms with Crippen LogP contribution in [0.5, 0.6) is 5.75 Å². The van der Waals surface area contributed by atoms with E-state index in [0.29, 0.717) is 22.9 Å². The molecule has 0 N–H and O–H groups in total. The van der Waals surface area contributed by atoms with Crippen molar-refractivity contribution < 1.29 is 9.13 Å². The van der Waals surface area contributed by atoms with E-state index in [-0.39, 0.29) is 11.7 Å². The SMILES string of the molecule is COc1cccc(CC(CCl)Cc2c(F)cccc2Cl)c1. The van der Waals surface area contributed by atoms with Crippen LogP contribution in [-0.2, 0) is 12.8 Å². The highest BCUT2D eigenvalue weighted by Gasteiger charge is 2.15. The van der Waals surface area contributed by atoms with Gasteiger partial charge in [0, 0.05) is 16.5 Å². The van der Waals surface area contributed by atoms with Crippen molar-refractivity contribution in [1.82, 2.24) is 0 Å². The lowest BCUT2D eigenvalue weighted by molar-refractivity contribution is 0.413. The Morgan fingerprint density at radius 3 is 2.57 bits per heavy atom. The van der Waals surface area contributed by atoms with Gasteiger partial charge in [-0.15, -0.1) is 11.6 Å². The van der Waals surface area contributed by atoms with E-state index >= 15 is 0 Å². The fourth-order valence-corrected chi connectivity index (χ4v) is 2.79. The molecule has 2 aromatic rings. The monoisotopic (exact) mass is 326 g/mol. The molecule has 0 aliphatic rings. The van der Waals surface area contributed by atoms with Crippen molar-refractivity contribution in [2.45, 2.75) is 12.8 Å². The molecular weight excluding hydrogens is 310 g/mol. The molecule has 0 bridgehead atoms. The number of alkyl halides is 1. The summed E-state index contributed by atoms with van der Waals surface area (Å²) in [7, 11) is 1.64. The number of rotatable bonds is 6. The molecule has 0 saturated carbocycles. The molecule has 2 aromatic carbocycles. The summed E-state index contributed by atoms with van der Waals surface area (Å²) in [5.74, 6) is 1.10. The standard InChI is InChI=1S/C17H17Cl2FO/c1-21-14-5-2-4-12(9-14)8-13(11-18)10-15-16(19)6-3-7-17(15)20/h2-7,9,13H,8,10-11H2,1H3. The van der Waals surface area contributed by atoms with Gasteiger partial charge in [-0.25, -0.2) is 4.39 Å². The zero-order valence-corrected chi connectivity index (χ0v) is 13.3. The Labute approximate surface area is 134 Å². The maximum atomic E-state index is 13.9. The van der Waals surface area contributed by atoms with Crippen LogP contribution in [-0.4, -0.2) is 13.0 Å². The molecule has 1 nitrogen and oxygen atoms in total. The lowest BCUT2D eigenvalue weighted by atomic mass is 9.93. The van der Waals surface area contributed by atoms with Gasteiger partial charge in [-0.2, -0.15) is 0 Å². The predicted octanol–water partition coefficient (Wildman–Crippen LogP) is 5.13. The Morgan fingerprint density at radius 1 is 1.14 bits per heavy atom. The molecule has 0 amide bonds. The smallest absolute Gasteiger partial charge is 0.127 e. The molecule has 0 radical (unpaired) electrons. The maximum absolute atomic E-state index is 13.9. The molecule has 0 aliphatic heterocycles. The first-order valence-corrected chi connectivity index (χ1v) is 7.67. The minimum atomic E-state index is -0.275. The van der Waals surface area contributed by atoms with E-state index in [1.807, 2.05) is 24.3 Å². The number of methoxy groups -OCH3 is 1. The van der Waals surface area contributed by atoms with Crippen LogP contribution in [0.3, 0.4) is 0 Å². The molecule has 0 saturated heterocycles. The van der Waals surface area contributed by atoms with Gasteiger partial charge >= 0.3 is 0 Å². The van der Waals surface area contributed by atoms with E-state index in [0.717, 1.165) is 17.7 Å². The average molecular weight is 327 g/mol. The third-order valence-corrected chi connectivity index (χ3v) is 4.22. The summed E-state index contributed by atoms with van der Waals surface area (Å²) in [6, 6.07) is 12.6. The molecule has 0 fully saturated rings. The number of ether oxygens (including phenoxy) is 1. The Kier molecular flexibility index (Phi) is 5.89. The molecule has 21 heavy (non-hydrogen) atoms. The van der Waals surface area contributed by atoms with Gasteiger partial charge in [0.05, 0.1) is 7.11 Å². The number of hydrogen-bond acceptors (Lipinski definition) is 1. The van der Waals surface area contributed by atoms with E-state index in [2.05, 4.69) is 0 Å². The topological polar surface area (TPSA) is 9.23 Å². The number of hydrogen-bond donors (Lipinski definition) is 0. The summed E-state index contributed by atoms with van der Waals surface area (Å²) < 4.78 is 19.1. The van der Waals surface area contributed by atoms with Gasteiger partial charge in [-0.1, -0.05) is 29.8 Å². The van der Waals surface area contributed by atoms with Gasteiger partial charge in [0.1, 0.15) is 11.6 Å². The number of benzene rings is 2. The van der Waals surface area contributed by atoms with Crippen molar-refractivity contribution in [2.75, 3.05) is 13.0 Å². The summed E-state index contributed by atoms with van der Waals surface area (Å²) in [4.78, 5) is 0. The van der Waals surface area contributed by atoms with Gasteiger partial charge in [-0.05, 0) is 48.6 Å². The molecule has 4 heteroatoms. The van der Waals surface area contributed by atoms with Gasteiger partial charge in [0.2, 0.25) is 0 Å². The first-order valence-electron chi connectivity index (χ1n) is 6.75. The molecule has 2 rings (SSSR count). The van der Waals surface area contributed by atoms with Crippen LogP contribution in [0.4, 0.5) is 4.39 Å². The van der Waals surface area contributed by atoms with Gasteiger partial charge in [0.15, 0.2) is 0 Å². The normalized spacial score (nSPS) is 12.2. The Bertz CT molecular complexity index is 581. The quantitative estimate of drug-likeness (QED) is 0.669. The lowest BCUT2D eigenvalue weighted by Gasteiger charge is -2.16. The molecule has 0 spiro atoms. The molecule has 0 aliphatic carbocycles. The average Bonchev–Trinajstić information content (AvgIpc) is 2.50. The maximum Gasteiger partial charge on any atom is 0.127 e. The summed E-state index contributed by atoms with van der Waals surface area (Å²) >= 11 is 12.1. The molecule has 1 atom stereocenters. The molecule has 0 heterocycles. The van der Waals surface area contributed by atoms with Crippen molar-refractivity contribution >= 4 is 23.2 Å². The fourth-order valence-electron chi connectivity index (χ4n) is 2.33. The fraction of sp³-hybridized carbons (Fsp3) is 0.294. The van der Waals surface area contributed by atoms with Crippen molar-refractivity contribution in [1.29, 1.82) is 0 Å². The minimum Gasteiger partial charge on any atom is -0.497 e. The second-order valence-electron chi connectivity index (χ2n) is 4.98. The molecule has 112 valence electrons. The third-order valence-electron chi connectivity index (χ3n) is 3.43. The van der Waals surface area contributed by atoms with Gasteiger partial charge in [-0.3, -0.25) is 0 Å². The van der Waals surface area contributed by atoms with Crippen LogP contribution < -0.4 is 4.74 Å². The number of halogens is 3. The third kappa shape index (κ3) is 4.36. The Hall–Kier alpha value is -1.25. The van der Waals surface area contributed by atoms with Crippen LogP contribution in [0.1, 0.15) is 11.1 Å². The minimum absolute atomic E-state index is 0.119. The Balaban J connectivity index is 2.13. The van der Waals surface area contributed by atoms with Crippen molar-refractivity contribution in [3.05, 3.63) is 64.4 Å². The van der Waals surface area contributed by atoms with Gasteiger partial charge in [0.25, 0.3) is 0 Å². The highest BCUT2D eigenvalue weighted by Crippen LogP contribution is 2.25. The van der Waals surface area contributed by atoms with E-state index in [1.54, 1.807) is 19.2 Å². The highest BCUT2D eigenvalue weighted by molar-refractivity contribution is 6.31. The van der Waals surface area contributed by atoms with Crippen LogP contribution >= 0.6 is 23.2 Å². The van der Waals surface area contributed by atoms with Crippen molar-refractivity contribution in [2.24, 2.45) is 5.92 Å². The predicted molar refractivity (Wildman–Crippen MR) is 86.0 cm³/mol. The zero-order chi connectivity index (χ0) is 15.2. The molecule has 1 unspecified atom stereocenters. The summed E-state index contributed by atoms with van der Waals surface area (Å²) in [5, 5.41) is 0.454. The summed E-state index contributed by atoms with van der Waals surface area (Å²) in [6.07, 6.45) is 1.28. The second-order valence-corrected chi connectivity index (χ2v) is 5.70. The van der Waals surface area contributed by atoms with E-state index < -0.39 is 0 Å². The largest absolute Gasteiger partial charge is 0.497 e. The highest BCUT2D eigenvalue weighted by atomic mass is 35.5. The van der Waals surface area contributed by atoms with Gasteiger partial charge < -0.3 is 4.74 Å². The van der Waals surface area contributed by atoms with Crippen molar-refractivity contribution in [3.63, 3.8) is 0 Å². The molecule has 0 aromatic heterocycles. The first kappa shape index (κ1) is 16.1. The van der Waals surface area contributed by atoms with Crippen molar-refractivity contribution in [3.8, 4) is 5.75 Å². The van der Waals surface area contributed by atoms with Crippen LogP contribution in [0.2, 0.25) is 5.02 Å². The van der Waals surface area contributed by atoms with Crippen LogP contribution in [0, 0.1) is 11.7 Å². The lowest BCUT2D eigenvalue weighted by Crippen LogP contribution is -2.11. The summed E-state index contributed by atoms with van der Waals surface area (Å²) in [5.41, 5.74) is 1.65. The zero-order valence-electron chi connectivity index (χ0n) is 11.8. The second kappa shape index (κ2) is 7.67. The molecular formula is C17H17Cl2FO. The van der Waals surface area contributed by atoms with Crippen LogP contribution in [0.15, 0.2) is 42.5 Å². The van der Waals surface area contributed by atoms with Crippen LogP contribution in [0.25, 0.3) is 0 Å². The van der Waals surface area contributed by atoms with E-state index in [4.69, 9.17) is 27.9 Å². The first-order chi connectivity index (χ1) is 10.1. The summed E-state index contributed by atoms with van der Waals surface area (Å²) in [6.45, 7) is 0. The van der Waals surface area contributed by atoms with E-state index in [9.17, 15) is 4.39 Å².